The lowest BCUT2D eigenvalue weighted by atomic mass is 10.00. The number of pyridine rings is 1. The first-order valence-corrected chi connectivity index (χ1v) is 10.6. The number of likely N-dealkylation sites (tertiary alicyclic amines) is 1. The summed E-state index contributed by atoms with van der Waals surface area (Å²) in [6, 6.07) is 11.9. The largest absolute Gasteiger partial charge is 0.494 e. The van der Waals surface area contributed by atoms with Crippen molar-refractivity contribution in [1.82, 2.24) is 24.2 Å². The third-order valence-corrected chi connectivity index (χ3v) is 5.79. The minimum absolute atomic E-state index is 0.646. The Balaban J connectivity index is 1.72. The number of piperidine rings is 1. The Hall–Kier alpha value is -2.51. The lowest BCUT2D eigenvalue weighted by Crippen LogP contribution is -2.34. The van der Waals surface area contributed by atoms with Crippen LogP contribution in [0.25, 0.3) is 17.1 Å². The summed E-state index contributed by atoms with van der Waals surface area (Å²) in [5.74, 6) is 2.48. The molecule has 1 aromatic carbocycles. The summed E-state index contributed by atoms with van der Waals surface area (Å²) in [6.45, 7) is 7.84. The minimum atomic E-state index is 0.646. The van der Waals surface area contributed by atoms with Gasteiger partial charge in [-0.1, -0.05) is 6.92 Å². The highest BCUT2D eigenvalue weighted by atomic mass is 32.1. The molecule has 0 unspecified atom stereocenters. The molecule has 1 aliphatic heterocycles. The molecule has 1 fully saturated rings. The molecule has 2 aromatic heterocycles. The average molecular weight is 410 g/mol. The third-order valence-electron chi connectivity index (χ3n) is 5.39. The van der Waals surface area contributed by atoms with E-state index in [1.807, 2.05) is 52.6 Å². The first kappa shape index (κ1) is 19.8. The average Bonchev–Trinajstić information content (AvgIpc) is 3.07. The van der Waals surface area contributed by atoms with Gasteiger partial charge in [-0.3, -0.25) is 14.5 Å². The van der Waals surface area contributed by atoms with Crippen molar-refractivity contribution in [3.63, 3.8) is 0 Å². The zero-order valence-corrected chi connectivity index (χ0v) is 17.8. The fourth-order valence-electron chi connectivity index (χ4n) is 3.67. The van der Waals surface area contributed by atoms with Gasteiger partial charge in [0.25, 0.3) is 0 Å². The van der Waals surface area contributed by atoms with Crippen LogP contribution in [0.15, 0.2) is 48.8 Å². The van der Waals surface area contributed by atoms with E-state index >= 15 is 0 Å². The van der Waals surface area contributed by atoms with E-state index in [1.54, 1.807) is 12.4 Å². The Labute approximate surface area is 176 Å². The van der Waals surface area contributed by atoms with E-state index in [1.165, 1.54) is 12.8 Å². The van der Waals surface area contributed by atoms with Crippen molar-refractivity contribution in [2.75, 3.05) is 19.7 Å². The Morgan fingerprint density at radius 1 is 1.07 bits per heavy atom. The van der Waals surface area contributed by atoms with Crippen LogP contribution < -0.4 is 4.74 Å². The van der Waals surface area contributed by atoms with E-state index in [4.69, 9.17) is 22.1 Å². The van der Waals surface area contributed by atoms with Gasteiger partial charge in [-0.15, -0.1) is 5.10 Å². The van der Waals surface area contributed by atoms with E-state index in [0.717, 1.165) is 41.8 Å². The first-order valence-electron chi connectivity index (χ1n) is 10.2. The molecular formula is C22H27N5OS. The van der Waals surface area contributed by atoms with Crippen LogP contribution >= 0.6 is 12.2 Å². The van der Waals surface area contributed by atoms with Crippen molar-refractivity contribution in [1.29, 1.82) is 0 Å². The highest BCUT2D eigenvalue weighted by Crippen LogP contribution is 2.25. The lowest BCUT2D eigenvalue weighted by molar-refractivity contribution is 0.146. The molecule has 0 saturated carbocycles. The Morgan fingerprint density at radius 2 is 1.76 bits per heavy atom. The number of aromatic nitrogens is 4. The molecule has 29 heavy (non-hydrogen) atoms. The van der Waals surface area contributed by atoms with Gasteiger partial charge in [-0.2, -0.15) is 0 Å². The summed E-state index contributed by atoms with van der Waals surface area (Å²) < 4.78 is 10.3. The lowest BCUT2D eigenvalue weighted by Gasteiger charge is -2.29. The summed E-state index contributed by atoms with van der Waals surface area (Å²) in [5.41, 5.74) is 1.97. The maximum absolute atomic E-state index is 5.86. The maximum Gasteiger partial charge on any atom is 0.204 e. The smallest absolute Gasteiger partial charge is 0.204 e. The van der Waals surface area contributed by atoms with Gasteiger partial charge in [-0.05, 0) is 74.3 Å². The number of hydrogen-bond donors (Lipinski definition) is 0. The van der Waals surface area contributed by atoms with Gasteiger partial charge in [-0.25, -0.2) is 4.68 Å². The number of benzene rings is 1. The normalized spacial score (nSPS) is 15.5. The predicted octanol–water partition coefficient (Wildman–Crippen LogP) is 4.55. The summed E-state index contributed by atoms with van der Waals surface area (Å²) >= 11 is 5.86. The zero-order valence-electron chi connectivity index (χ0n) is 17.0. The topological polar surface area (TPSA) is 48.1 Å². The van der Waals surface area contributed by atoms with E-state index in [-0.39, 0.29) is 0 Å². The maximum atomic E-state index is 5.86. The second kappa shape index (κ2) is 8.88. The van der Waals surface area contributed by atoms with Gasteiger partial charge < -0.3 is 4.74 Å². The molecule has 0 radical (unpaired) electrons. The van der Waals surface area contributed by atoms with Gasteiger partial charge in [0.2, 0.25) is 4.77 Å². The molecular weight excluding hydrogens is 382 g/mol. The molecule has 4 rings (SSSR count). The van der Waals surface area contributed by atoms with Crippen LogP contribution in [0, 0.1) is 10.7 Å². The molecule has 152 valence electrons. The SMILES string of the molecule is CCOc1ccc(-n2c(-c3ccncc3)nn(CN3CCC(C)CC3)c2=S)cc1. The van der Waals surface area contributed by atoms with Gasteiger partial charge in [0, 0.05) is 31.0 Å². The van der Waals surface area contributed by atoms with Crippen molar-refractivity contribution in [3.05, 3.63) is 53.6 Å². The Kier molecular flexibility index (Phi) is 6.06. The van der Waals surface area contributed by atoms with Crippen molar-refractivity contribution in [3.8, 4) is 22.8 Å². The van der Waals surface area contributed by atoms with Crippen LogP contribution in [0.2, 0.25) is 0 Å². The van der Waals surface area contributed by atoms with E-state index in [2.05, 4.69) is 16.8 Å². The molecule has 0 N–H and O–H groups in total. The van der Waals surface area contributed by atoms with Crippen LogP contribution in [-0.2, 0) is 6.67 Å². The predicted molar refractivity (Wildman–Crippen MR) is 117 cm³/mol. The van der Waals surface area contributed by atoms with E-state index < -0.39 is 0 Å². The van der Waals surface area contributed by atoms with Crippen LogP contribution in [0.5, 0.6) is 5.75 Å². The fourth-order valence-corrected chi connectivity index (χ4v) is 3.96. The molecule has 1 saturated heterocycles. The van der Waals surface area contributed by atoms with Crippen LogP contribution in [0.1, 0.15) is 26.7 Å². The van der Waals surface area contributed by atoms with Crippen molar-refractivity contribution >= 4 is 12.2 Å². The van der Waals surface area contributed by atoms with Gasteiger partial charge in [0.15, 0.2) is 5.82 Å². The summed E-state index contributed by atoms with van der Waals surface area (Å²) in [6.07, 6.45) is 6.02. The van der Waals surface area contributed by atoms with Gasteiger partial charge in [0.1, 0.15) is 5.75 Å². The standard InChI is InChI=1S/C22H27N5OS/c1-3-28-20-6-4-19(5-7-20)27-21(18-8-12-23-13-9-18)24-26(22(27)29)16-25-14-10-17(2)11-15-25/h4-9,12-13,17H,3,10-11,14-16H2,1-2H3. The van der Waals surface area contributed by atoms with Crippen LogP contribution in [-0.4, -0.2) is 43.9 Å². The number of rotatable bonds is 6. The van der Waals surface area contributed by atoms with Crippen LogP contribution in [0.3, 0.4) is 0 Å². The second-order valence-corrected chi connectivity index (χ2v) is 7.91. The Bertz CT molecular complexity index is 988. The molecule has 7 heteroatoms. The van der Waals surface area contributed by atoms with Gasteiger partial charge >= 0.3 is 0 Å². The molecule has 6 nitrogen and oxygen atoms in total. The second-order valence-electron chi connectivity index (χ2n) is 7.55. The van der Waals surface area contributed by atoms with E-state index in [9.17, 15) is 0 Å². The molecule has 0 bridgehead atoms. The van der Waals surface area contributed by atoms with E-state index in [0.29, 0.717) is 18.0 Å². The van der Waals surface area contributed by atoms with Gasteiger partial charge in [0.05, 0.1) is 19.0 Å². The minimum Gasteiger partial charge on any atom is -0.494 e. The number of hydrogen-bond acceptors (Lipinski definition) is 5. The van der Waals surface area contributed by atoms with Crippen LogP contribution in [0.4, 0.5) is 0 Å². The molecule has 0 amide bonds. The van der Waals surface area contributed by atoms with Crippen molar-refractivity contribution < 1.29 is 4.74 Å². The zero-order chi connectivity index (χ0) is 20.2. The first-order chi connectivity index (χ1) is 14.2. The molecule has 0 aliphatic carbocycles. The molecule has 0 atom stereocenters. The summed E-state index contributed by atoms with van der Waals surface area (Å²) in [5, 5.41) is 4.90. The van der Waals surface area contributed by atoms with Crippen molar-refractivity contribution in [2.45, 2.75) is 33.4 Å². The summed E-state index contributed by atoms with van der Waals surface area (Å²) in [7, 11) is 0. The van der Waals surface area contributed by atoms with Crippen molar-refractivity contribution in [2.24, 2.45) is 5.92 Å². The molecule has 0 spiro atoms. The number of nitrogens with zero attached hydrogens (tertiary/aromatic N) is 5. The third kappa shape index (κ3) is 4.41. The number of ether oxygens (including phenoxy) is 1. The Morgan fingerprint density at radius 3 is 2.41 bits per heavy atom. The molecule has 3 aromatic rings. The highest BCUT2D eigenvalue weighted by Gasteiger charge is 2.19. The molecule has 1 aliphatic rings. The monoisotopic (exact) mass is 409 g/mol. The fraction of sp³-hybridized carbons (Fsp3) is 0.409. The highest BCUT2D eigenvalue weighted by molar-refractivity contribution is 7.71. The quantitative estimate of drug-likeness (QED) is 0.559. The summed E-state index contributed by atoms with van der Waals surface area (Å²) in [4.78, 5) is 6.57. The molecule has 3 heterocycles.